The van der Waals surface area contributed by atoms with Crippen LogP contribution in [0.25, 0.3) is 33.6 Å². The molecule has 0 saturated heterocycles. The second-order valence-electron chi connectivity index (χ2n) is 8.46. The standard InChI is InChI=1S/C26H18F7N3O6/c1-34-20(37)18-16-8-15(13-7-17(21(39-2)35-9-13)24(38)41-11-26(31,32)33)22(40-10-25(28,29)30)36-23(16)42-19(18)12-3-5-14(27)6-4-12/h3-9H,10-11H2,1-2H3,(H,34,37). The first kappa shape index (κ1) is 30.1. The van der Waals surface area contributed by atoms with E-state index in [0.29, 0.717) is 0 Å². The number of nitrogens with one attached hydrogen (secondary N) is 1. The summed E-state index contributed by atoms with van der Waals surface area (Å²) in [5.41, 5.74) is -1.22. The molecule has 0 unspecified atom stereocenters. The number of carbonyl (C=O) groups excluding carboxylic acids is 2. The number of esters is 1. The SMILES string of the molecule is CNC(=O)c1c(-c2ccc(F)cc2)oc2nc(OCC(F)(F)F)c(-c3cnc(OC)c(C(=O)OCC(F)(F)F)c3)cc12. The van der Waals surface area contributed by atoms with Crippen molar-refractivity contribution in [1.29, 1.82) is 0 Å². The van der Waals surface area contributed by atoms with Gasteiger partial charge in [0.15, 0.2) is 13.2 Å². The Labute approximate surface area is 231 Å². The molecule has 9 nitrogen and oxygen atoms in total. The van der Waals surface area contributed by atoms with Gasteiger partial charge < -0.3 is 23.9 Å². The molecular formula is C26H18F7N3O6. The lowest BCUT2D eigenvalue weighted by atomic mass is 10.0. The number of amides is 1. The number of aromatic nitrogens is 2. The normalized spacial score (nSPS) is 11.8. The van der Waals surface area contributed by atoms with Gasteiger partial charge in [0.25, 0.3) is 5.91 Å². The van der Waals surface area contributed by atoms with Crippen LogP contribution in [-0.2, 0) is 4.74 Å². The summed E-state index contributed by atoms with van der Waals surface area (Å²) in [5.74, 6) is -3.99. The molecule has 0 spiro atoms. The lowest BCUT2D eigenvalue weighted by Crippen LogP contribution is -2.21. The Morgan fingerprint density at radius 2 is 1.62 bits per heavy atom. The van der Waals surface area contributed by atoms with Crippen molar-refractivity contribution in [2.24, 2.45) is 0 Å². The molecule has 0 fully saturated rings. The van der Waals surface area contributed by atoms with Crippen LogP contribution in [0.2, 0.25) is 0 Å². The zero-order valence-corrected chi connectivity index (χ0v) is 21.4. The van der Waals surface area contributed by atoms with Crippen LogP contribution in [0.4, 0.5) is 30.7 Å². The lowest BCUT2D eigenvalue weighted by molar-refractivity contribution is -0.161. The number of pyridine rings is 2. The fourth-order valence-corrected chi connectivity index (χ4v) is 3.76. The smallest absolute Gasteiger partial charge is 0.422 e. The van der Waals surface area contributed by atoms with E-state index in [0.717, 1.165) is 31.5 Å². The fraction of sp³-hybridized carbons (Fsp3) is 0.231. The van der Waals surface area contributed by atoms with E-state index >= 15 is 0 Å². The average molecular weight is 601 g/mol. The van der Waals surface area contributed by atoms with Crippen LogP contribution in [0.15, 0.2) is 47.0 Å². The number of rotatable bonds is 8. The second-order valence-corrected chi connectivity index (χ2v) is 8.46. The van der Waals surface area contributed by atoms with Gasteiger partial charge in [0.2, 0.25) is 17.5 Å². The molecule has 0 aliphatic rings. The number of methoxy groups -OCH3 is 1. The molecule has 3 aromatic heterocycles. The summed E-state index contributed by atoms with van der Waals surface area (Å²) in [5, 5.41) is 2.37. The average Bonchev–Trinajstić information content (AvgIpc) is 3.31. The van der Waals surface area contributed by atoms with Crippen LogP contribution in [0, 0.1) is 5.82 Å². The number of carbonyl (C=O) groups is 2. The number of fused-ring (bicyclic) bond motifs is 1. The van der Waals surface area contributed by atoms with Crippen LogP contribution in [0.3, 0.4) is 0 Å². The molecule has 0 saturated carbocycles. The first-order valence-corrected chi connectivity index (χ1v) is 11.6. The van der Waals surface area contributed by atoms with Crippen LogP contribution in [0.5, 0.6) is 11.8 Å². The summed E-state index contributed by atoms with van der Waals surface area (Å²) in [6.07, 6.45) is -8.63. The Balaban J connectivity index is 1.94. The molecule has 1 aromatic carbocycles. The number of benzene rings is 1. The van der Waals surface area contributed by atoms with E-state index in [9.17, 15) is 40.3 Å². The van der Waals surface area contributed by atoms with Gasteiger partial charge in [0, 0.05) is 29.9 Å². The highest BCUT2D eigenvalue weighted by Gasteiger charge is 2.32. The third-order valence-corrected chi connectivity index (χ3v) is 5.52. The molecule has 4 rings (SSSR count). The van der Waals surface area contributed by atoms with Crippen LogP contribution in [-0.4, -0.2) is 61.6 Å². The number of furan rings is 1. The molecule has 42 heavy (non-hydrogen) atoms. The number of hydrogen-bond acceptors (Lipinski definition) is 8. The number of alkyl halides is 6. The first-order chi connectivity index (χ1) is 19.7. The molecular weight excluding hydrogens is 583 g/mol. The third-order valence-electron chi connectivity index (χ3n) is 5.52. The van der Waals surface area contributed by atoms with E-state index in [-0.39, 0.29) is 39.1 Å². The molecule has 222 valence electrons. The zero-order valence-electron chi connectivity index (χ0n) is 21.4. The number of hydrogen-bond donors (Lipinski definition) is 1. The van der Waals surface area contributed by atoms with Gasteiger partial charge in [-0.15, -0.1) is 0 Å². The van der Waals surface area contributed by atoms with Crippen molar-refractivity contribution in [1.82, 2.24) is 15.3 Å². The largest absolute Gasteiger partial charge is 0.480 e. The maximum Gasteiger partial charge on any atom is 0.422 e. The van der Waals surface area contributed by atoms with Gasteiger partial charge in [-0.25, -0.2) is 14.2 Å². The lowest BCUT2D eigenvalue weighted by Gasteiger charge is -2.14. The van der Waals surface area contributed by atoms with Gasteiger partial charge in [-0.1, -0.05) is 0 Å². The third kappa shape index (κ3) is 6.70. The van der Waals surface area contributed by atoms with Crippen molar-refractivity contribution in [3.63, 3.8) is 0 Å². The Morgan fingerprint density at radius 3 is 2.21 bits per heavy atom. The highest BCUT2D eigenvalue weighted by atomic mass is 19.4. The van der Waals surface area contributed by atoms with Crippen molar-refractivity contribution >= 4 is 23.0 Å². The predicted molar refractivity (Wildman–Crippen MR) is 130 cm³/mol. The van der Waals surface area contributed by atoms with Gasteiger partial charge >= 0.3 is 18.3 Å². The maximum atomic E-state index is 13.5. The molecule has 0 atom stereocenters. The van der Waals surface area contributed by atoms with Crippen molar-refractivity contribution in [2.75, 3.05) is 27.4 Å². The van der Waals surface area contributed by atoms with Crippen molar-refractivity contribution < 1.29 is 58.9 Å². The Hall–Kier alpha value is -4.89. The minimum atomic E-state index is -4.85. The summed E-state index contributed by atoms with van der Waals surface area (Å²) in [6, 6.07) is 6.91. The number of ether oxygens (including phenoxy) is 3. The molecule has 0 aliphatic heterocycles. The van der Waals surface area contributed by atoms with Gasteiger partial charge in [-0.05, 0) is 36.4 Å². The monoisotopic (exact) mass is 601 g/mol. The molecule has 0 aliphatic carbocycles. The van der Waals surface area contributed by atoms with Gasteiger partial charge in [0.05, 0.1) is 18.1 Å². The second kappa shape index (κ2) is 11.5. The highest BCUT2D eigenvalue weighted by molar-refractivity contribution is 6.11. The maximum absolute atomic E-state index is 13.5. The highest BCUT2D eigenvalue weighted by Crippen LogP contribution is 2.40. The molecule has 1 N–H and O–H groups in total. The van der Waals surface area contributed by atoms with Crippen LogP contribution in [0.1, 0.15) is 20.7 Å². The quantitative estimate of drug-likeness (QED) is 0.202. The molecule has 1 amide bonds. The Bertz CT molecular complexity index is 1630. The van der Waals surface area contributed by atoms with Crippen molar-refractivity contribution in [3.8, 4) is 34.2 Å². The van der Waals surface area contributed by atoms with Crippen molar-refractivity contribution in [2.45, 2.75) is 12.4 Å². The van der Waals surface area contributed by atoms with Gasteiger partial charge in [-0.2, -0.15) is 31.3 Å². The molecule has 4 aromatic rings. The first-order valence-electron chi connectivity index (χ1n) is 11.6. The summed E-state index contributed by atoms with van der Waals surface area (Å²) in [6.45, 7) is -3.74. The number of halogens is 7. The topological polar surface area (TPSA) is 113 Å². The van der Waals surface area contributed by atoms with E-state index in [1.54, 1.807) is 0 Å². The van der Waals surface area contributed by atoms with E-state index in [1.165, 1.54) is 25.2 Å². The summed E-state index contributed by atoms with van der Waals surface area (Å²) >= 11 is 0. The number of nitrogens with zero attached hydrogens (tertiary/aromatic N) is 2. The zero-order chi connectivity index (χ0) is 30.8. The predicted octanol–water partition coefficient (Wildman–Crippen LogP) is 5.72. The molecule has 3 heterocycles. The minimum absolute atomic E-state index is 0.0277. The fourth-order valence-electron chi connectivity index (χ4n) is 3.76. The Morgan fingerprint density at radius 1 is 0.952 bits per heavy atom. The van der Waals surface area contributed by atoms with E-state index in [1.807, 2.05) is 0 Å². The summed E-state index contributed by atoms with van der Waals surface area (Å²) in [7, 11) is 2.38. The summed E-state index contributed by atoms with van der Waals surface area (Å²) in [4.78, 5) is 33.2. The van der Waals surface area contributed by atoms with Gasteiger partial charge in [0.1, 0.15) is 17.1 Å². The van der Waals surface area contributed by atoms with E-state index < -0.39 is 60.6 Å². The van der Waals surface area contributed by atoms with Crippen molar-refractivity contribution in [3.05, 3.63) is 59.5 Å². The minimum Gasteiger partial charge on any atom is -0.480 e. The Kier molecular flexibility index (Phi) is 8.26. The summed E-state index contributed by atoms with van der Waals surface area (Å²) < 4.78 is 110. The van der Waals surface area contributed by atoms with E-state index in [4.69, 9.17) is 13.9 Å². The van der Waals surface area contributed by atoms with Crippen LogP contribution < -0.4 is 14.8 Å². The van der Waals surface area contributed by atoms with Crippen LogP contribution >= 0.6 is 0 Å². The molecule has 16 heteroatoms. The molecule has 0 bridgehead atoms. The molecule has 0 radical (unpaired) electrons. The van der Waals surface area contributed by atoms with Gasteiger partial charge in [-0.3, -0.25) is 4.79 Å². The van der Waals surface area contributed by atoms with E-state index in [2.05, 4.69) is 20.0 Å².